The van der Waals surface area contributed by atoms with Gasteiger partial charge in [0.1, 0.15) is 18.1 Å². The lowest BCUT2D eigenvalue weighted by molar-refractivity contribution is 0.300. The van der Waals surface area contributed by atoms with Crippen molar-refractivity contribution in [3.63, 3.8) is 0 Å². The third kappa shape index (κ3) is 3.41. The van der Waals surface area contributed by atoms with E-state index in [1.165, 1.54) is 5.01 Å². The number of hydrogen-bond donors (Lipinski definition) is 2. The molecule has 0 aromatic carbocycles. The molecule has 1 aliphatic rings. The number of nitrogens with one attached hydrogen (secondary N) is 2. The second-order valence-electron chi connectivity index (χ2n) is 5.60. The lowest BCUT2D eigenvalue weighted by Gasteiger charge is -2.20. The number of H-pyrrole nitrogens is 1. The Labute approximate surface area is 142 Å². The fourth-order valence-electron chi connectivity index (χ4n) is 2.67. The van der Waals surface area contributed by atoms with E-state index < -0.39 is 0 Å². The molecule has 2 N–H and O–H groups in total. The Hall–Kier alpha value is -2.39. The summed E-state index contributed by atoms with van der Waals surface area (Å²) >= 11 is 1.73. The molecule has 0 spiro atoms. The molecule has 4 rings (SSSR count). The minimum absolute atomic E-state index is 0.449. The third-order valence-electron chi connectivity index (χ3n) is 3.96. The summed E-state index contributed by atoms with van der Waals surface area (Å²) in [5, 5.41) is 20.4. The predicted molar refractivity (Wildman–Crippen MR) is 88.7 cm³/mol. The average molecular weight is 343 g/mol. The van der Waals surface area contributed by atoms with Crippen LogP contribution in [0.2, 0.25) is 0 Å². The smallest absolute Gasteiger partial charge is 0.222 e. The topological polar surface area (TPSA) is 102 Å². The van der Waals surface area contributed by atoms with Gasteiger partial charge in [0, 0.05) is 11.3 Å². The van der Waals surface area contributed by atoms with Crippen molar-refractivity contribution in [1.82, 2.24) is 35.9 Å². The number of aromatic amines is 1. The summed E-state index contributed by atoms with van der Waals surface area (Å²) in [6.07, 6.45) is 3.98. The van der Waals surface area contributed by atoms with Crippen LogP contribution < -0.4 is 10.1 Å². The number of thiazole rings is 1. The second kappa shape index (κ2) is 7.02. The number of rotatable bonds is 5. The van der Waals surface area contributed by atoms with E-state index in [4.69, 9.17) is 9.72 Å². The summed E-state index contributed by atoms with van der Waals surface area (Å²) in [6, 6.07) is 3.65. The summed E-state index contributed by atoms with van der Waals surface area (Å²) in [5.41, 5.74) is 1.62. The second-order valence-corrected chi connectivity index (χ2v) is 6.49. The van der Waals surface area contributed by atoms with Crippen LogP contribution in [0.25, 0.3) is 11.5 Å². The molecule has 1 aliphatic heterocycles. The van der Waals surface area contributed by atoms with Crippen LogP contribution in [0.4, 0.5) is 0 Å². The first kappa shape index (κ1) is 15.2. The zero-order chi connectivity index (χ0) is 16.2. The highest BCUT2D eigenvalue weighted by Crippen LogP contribution is 2.28. The number of ether oxygens (including phenoxy) is 1. The van der Waals surface area contributed by atoms with E-state index in [-0.39, 0.29) is 0 Å². The van der Waals surface area contributed by atoms with E-state index in [0.29, 0.717) is 29.8 Å². The first-order valence-corrected chi connectivity index (χ1v) is 8.74. The van der Waals surface area contributed by atoms with E-state index in [1.807, 2.05) is 12.1 Å². The Bertz CT molecular complexity index is 765. The molecule has 4 heterocycles. The van der Waals surface area contributed by atoms with E-state index in [9.17, 15) is 0 Å². The highest BCUT2D eigenvalue weighted by atomic mass is 32.1. The van der Waals surface area contributed by atoms with Gasteiger partial charge in [-0.1, -0.05) is 0 Å². The van der Waals surface area contributed by atoms with Gasteiger partial charge < -0.3 is 10.1 Å². The Morgan fingerprint density at radius 1 is 1.25 bits per heavy atom. The first-order valence-electron chi connectivity index (χ1n) is 7.86. The quantitative estimate of drug-likeness (QED) is 0.728. The molecule has 0 amide bonds. The van der Waals surface area contributed by atoms with Crippen LogP contribution in [0, 0.1) is 0 Å². The van der Waals surface area contributed by atoms with Gasteiger partial charge in [0.25, 0.3) is 0 Å². The van der Waals surface area contributed by atoms with Gasteiger partial charge in [-0.3, -0.25) is 0 Å². The molecule has 8 nitrogen and oxygen atoms in total. The predicted octanol–water partition coefficient (Wildman–Crippen LogP) is 1.76. The minimum atomic E-state index is 0.449. The number of aromatic nitrogens is 6. The van der Waals surface area contributed by atoms with Crippen LogP contribution in [0.1, 0.15) is 29.5 Å². The molecule has 1 fully saturated rings. The molecule has 1 saturated heterocycles. The number of piperidine rings is 1. The SMILES string of the molecule is c1cc(-c2nn[nH]n2)ncc1OCc1csc(C2CCNCC2)n1. The van der Waals surface area contributed by atoms with Crippen LogP contribution in [0.15, 0.2) is 23.7 Å². The molecule has 0 saturated carbocycles. The molecule has 0 atom stereocenters. The molecule has 124 valence electrons. The van der Waals surface area contributed by atoms with Crippen molar-refractivity contribution in [2.24, 2.45) is 0 Å². The van der Waals surface area contributed by atoms with Crippen molar-refractivity contribution in [2.45, 2.75) is 25.4 Å². The molecular weight excluding hydrogens is 326 g/mol. The highest BCUT2D eigenvalue weighted by Gasteiger charge is 2.18. The summed E-state index contributed by atoms with van der Waals surface area (Å²) < 4.78 is 5.77. The van der Waals surface area contributed by atoms with Crippen molar-refractivity contribution in [3.05, 3.63) is 34.4 Å². The van der Waals surface area contributed by atoms with Gasteiger partial charge in [0.15, 0.2) is 0 Å². The van der Waals surface area contributed by atoms with Gasteiger partial charge >= 0.3 is 0 Å². The van der Waals surface area contributed by atoms with Crippen LogP contribution in [0.3, 0.4) is 0 Å². The highest BCUT2D eigenvalue weighted by molar-refractivity contribution is 7.09. The Balaban J connectivity index is 1.36. The fourth-order valence-corrected chi connectivity index (χ4v) is 3.65. The molecule has 0 aliphatic carbocycles. The Morgan fingerprint density at radius 3 is 2.92 bits per heavy atom. The maximum Gasteiger partial charge on any atom is 0.222 e. The normalized spacial score (nSPS) is 15.5. The van der Waals surface area contributed by atoms with E-state index in [0.717, 1.165) is 31.6 Å². The van der Waals surface area contributed by atoms with E-state index in [1.54, 1.807) is 17.5 Å². The maximum absolute atomic E-state index is 5.77. The molecule has 0 unspecified atom stereocenters. The van der Waals surface area contributed by atoms with E-state index >= 15 is 0 Å². The average Bonchev–Trinajstić information content (AvgIpc) is 3.33. The molecule has 24 heavy (non-hydrogen) atoms. The van der Waals surface area contributed by atoms with Crippen molar-refractivity contribution in [2.75, 3.05) is 13.1 Å². The van der Waals surface area contributed by atoms with Gasteiger partial charge in [0.2, 0.25) is 5.82 Å². The third-order valence-corrected chi connectivity index (χ3v) is 5.01. The monoisotopic (exact) mass is 343 g/mol. The summed E-state index contributed by atoms with van der Waals surface area (Å²) in [5.74, 6) is 1.74. The van der Waals surface area contributed by atoms with Crippen LogP contribution in [0.5, 0.6) is 5.75 Å². The van der Waals surface area contributed by atoms with Crippen LogP contribution >= 0.6 is 11.3 Å². The van der Waals surface area contributed by atoms with Gasteiger partial charge in [-0.05, 0) is 43.3 Å². The molecule has 3 aromatic rings. The van der Waals surface area contributed by atoms with Gasteiger partial charge in [-0.15, -0.1) is 21.5 Å². The summed E-state index contributed by atoms with van der Waals surface area (Å²) in [7, 11) is 0. The molecule has 9 heteroatoms. The zero-order valence-corrected chi connectivity index (χ0v) is 13.8. The van der Waals surface area contributed by atoms with Crippen molar-refractivity contribution < 1.29 is 4.74 Å². The lowest BCUT2D eigenvalue weighted by Crippen LogP contribution is -2.26. The van der Waals surface area contributed by atoms with Crippen molar-refractivity contribution >= 4 is 11.3 Å². The lowest BCUT2D eigenvalue weighted by atomic mass is 9.99. The first-order chi connectivity index (χ1) is 11.9. The maximum atomic E-state index is 5.77. The molecular formula is C15H17N7OS. The van der Waals surface area contributed by atoms with E-state index in [2.05, 4.69) is 36.3 Å². The molecule has 0 radical (unpaired) electrons. The number of nitrogens with zero attached hydrogens (tertiary/aromatic N) is 5. The van der Waals surface area contributed by atoms with Crippen molar-refractivity contribution in [1.29, 1.82) is 0 Å². The summed E-state index contributed by atoms with van der Waals surface area (Å²) in [4.78, 5) is 9.00. The number of hydrogen-bond acceptors (Lipinski definition) is 8. The standard InChI is InChI=1S/C15H17N7OS/c1-2-13(14-19-21-22-20-14)17-7-12(1)23-8-11-9-24-15(18-11)10-3-5-16-6-4-10/h1-2,7,9-10,16H,3-6,8H2,(H,19,20,21,22). The van der Waals surface area contributed by atoms with Gasteiger partial charge in [-0.2, -0.15) is 5.21 Å². The van der Waals surface area contributed by atoms with Crippen LogP contribution in [-0.4, -0.2) is 43.7 Å². The van der Waals surface area contributed by atoms with Crippen LogP contribution in [-0.2, 0) is 6.61 Å². The molecule has 3 aromatic heterocycles. The fraction of sp³-hybridized carbons (Fsp3) is 0.400. The van der Waals surface area contributed by atoms with Gasteiger partial charge in [-0.25, -0.2) is 9.97 Å². The number of pyridine rings is 1. The summed E-state index contributed by atoms with van der Waals surface area (Å²) in [6.45, 7) is 2.60. The van der Waals surface area contributed by atoms with Gasteiger partial charge in [0.05, 0.1) is 16.9 Å². The number of tetrazole rings is 1. The zero-order valence-electron chi connectivity index (χ0n) is 13.0. The molecule has 0 bridgehead atoms. The minimum Gasteiger partial charge on any atom is -0.486 e. The van der Waals surface area contributed by atoms with Crippen molar-refractivity contribution in [3.8, 4) is 17.3 Å². The Kier molecular flexibility index (Phi) is 4.43. The largest absolute Gasteiger partial charge is 0.486 e. The Morgan fingerprint density at radius 2 is 2.17 bits per heavy atom.